The van der Waals surface area contributed by atoms with Crippen molar-refractivity contribution in [1.82, 2.24) is 29.8 Å². The molecule has 220 valence electrons. The van der Waals surface area contributed by atoms with Gasteiger partial charge in [-0.2, -0.15) is 9.67 Å². The number of likely N-dealkylation sites (N-methyl/N-ethyl adjacent to an activating group) is 1. The van der Waals surface area contributed by atoms with E-state index in [0.29, 0.717) is 41.8 Å². The number of nitrogens with zero attached hydrogens (tertiary/aromatic N) is 6. The van der Waals surface area contributed by atoms with Crippen molar-refractivity contribution >= 4 is 17.7 Å². The third kappa shape index (κ3) is 6.49. The van der Waals surface area contributed by atoms with Crippen LogP contribution in [0, 0.1) is 12.7 Å². The normalized spacial score (nSPS) is 14.6. The number of aromatic amines is 1. The molecule has 0 saturated heterocycles. The van der Waals surface area contributed by atoms with E-state index in [9.17, 15) is 4.79 Å². The molecule has 1 aliphatic heterocycles. The van der Waals surface area contributed by atoms with E-state index in [-0.39, 0.29) is 17.7 Å². The Morgan fingerprint density at radius 1 is 1.21 bits per heavy atom. The molecule has 42 heavy (non-hydrogen) atoms. The molecule has 2 aromatic heterocycles. The van der Waals surface area contributed by atoms with Gasteiger partial charge in [-0.3, -0.25) is 4.98 Å². The third-order valence-corrected chi connectivity index (χ3v) is 6.75. The lowest BCUT2D eigenvalue weighted by Gasteiger charge is -2.23. The predicted molar refractivity (Wildman–Crippen MR) is 159 cm³/mol. The Hall–Kier alpha value is -4.58. The van der Waals surface area contributed by atoms with Crippen molar-refractivity contribution in [2.45, 2.75) is 52.2 Å². The van der Waals surface area contributed by atoms with Gasteiger partial charge in [-0.05, 0) is 82.3 Å². The maximum Gasteiger partial charge on any atom is 0.349 e. The number of benzene rings is 2. The molecule has 0 spiro atoms. The number of halogens is 1. The highest BCUT2D eigenvalue weighted by atomic mass is 19.1. The van der Waals surface area contributed by atoms with E-state index in [1.807, 2.05) is 63.2 Å². The molecule has 5 rings (SSSR count). The summed E-state index contributed by atoms with van der Waals surface area (Å²) >= 11 is 0. The van der Waals surface area contributed by atoms with Crippen molar-refractivity contribution in [3.05, 3.63) is 81.6 Å². The van der Waals surface area contributed by atoms with Crippen LogP contribution in [0.1, 0.15) is 55.6 Å². The Balaban J connectivity index is 1.57. The summed E-state index contributed by atoms with van der Waals surface area (Å²) < 4.78 is 28.7. The molecule has 12 heteroatoms. The smallest absolute Gasteiger partial charge is 0.349 e. The lowest BCUT2D eigenvalue weighted by Crippen LogP contribution is -2.28. The molecule has 4 aromatic rings. The number of aromatic nitrogens is 5. The first-order valence-electron chi connectivity index (χ1n) is 13.9. The highest BCUT2D eigenvalue weighted by molar-refractivity contribution is 5.68. The first-order valence-corrected chi connectivity index (χ1v) is 13.9. The van der Waals surface area contributed by atoms with Crippen LogP contribution in [0.5, 0.6) is 5.75 Å². The van der Waals surface area contributed by atoms with E-state index in [4.69, 9.17) is 9.26 Å². The highest BCUT2D eigenvalue weighted by Crippen LogP contribution is 2.33. The van der Waals surface area contributed by atoms with Crippen LogP contribution in [-0.2, 0) is 6.42 Å². The van der Waals surface area contributed by atoms with Gasteiger partial charge in [0.25, 0.3) is 0 Å². The lowest BCUT2D eigenvalue weighted by molar-refractivity contribution is 0.170. The fourth-order valence-electron chi connectivity index (χ4n) is 4.80. The Kier molecular flexibility index (Phi) is 8.62. The average Bonchev–Trinajstić information content (AvgIpc) is 3.58. The molecular weight excluding hydrogens is 539 g/mol. The van der Waals surface area contributed by atoms with Crippen LogP contribution in [0.3, 0.4) is 0 Å². The minimum atomic E-state index is -0.858. The monoisotopic (exact) mass is 574 g/mol. The summed E-state index contributed by atoms with van der Waals surface area (Å²) in [5.74, 6) is 1.22. The van der Waals surface area contributed by atoms with E-state index >= 15 is 4.39 Å². The van der Waals surface area contributed by atoms with Crippen molar-refractivity contribution in [2.75, 3.05) is 26.0 Å². The number of allylic oxidation sites excluding steroid dienone is 1. The van der Waals surface area contributed by atoms with Gasteiger partial charge in [0.2, 0.25) is 11.7 Å². The summed E-state index contributed by atoms with van der Waals surface area (Å²) in [6.45, 7) is 6.24. The molecule has 0 saturated carbocycles. The van der Waals surface area contributed by atoms with Gasteiger partial charge in [0.1, 0.15) is 12.1 Å². The van der Waals surface area contributed by atoms with E-state index in [0.717, 1.165) is 24.0 Å². The number of aliphatic imine (C=N–C) groups is 1. The number of anilines is 1. The predicted octanol–water partition coefficient (Wildman–Crippen LogP) is 4.82. The minimum Gasteiger partial charge on any atom is -0.486 e. The highest BCUT2D eigenvalue weighted by Gasteiger charge is 2.27. The summed E-state index contributed by atoms with van der Waals surface area (Å²) in [6, 6.07) is 9.98. The summed E-state index contributed by atoms with van der Waals surface area (Å²) in [7, 11) is 3.88. The zero-order chi connectivity index (χ0) is 29.8. The van der Waals surface area contributed by atoms with E-state index in [1.165, 1.54) is 4.68 Å². The number of hydrogen-bond acceptors (Lipinski definition) is 9. The van der Waals surface area contributed by atoms with Crippen LogP contribution in [-0.4, -0.2) is 62.8 Å². The van der Waals surface area contributed by atoms with Crippen molar-refractivity contribution < 1.29 is 13.7 Å². The molecule has 0 bridgehead atoms. The third-order valence-electron chi connectivity index (χ3n) is 6.75. The molecule has 3 heterocycles. The van der Waals surface area contributed by atoms with Gasteiger partial charge >= 0.3 is 5.69 Å². The van der Waals surface area contributed by atoms with Crippen molar-refractivity contribution in [3.63, 3.8) is 0 Å². The van der Waals surface area contributed by atoms with Gasteiger partial charge in [0.15, 0.2) is 23.2 Å². The van der Waals surface area contributed by atoms with Crippen LogP contribution >= 0.6 is 0 Å². The van der Waals surface area contributed by atoms with Crippen LogP contribution in [0.15, 0.2) is 56.8 Å². The molecule has 1 aliphatic rings. The Morgan fingerprint density at radius 2 is 2.00 bits per heavy atom. The van der Waals surface area contributed by atoms with Gasteiger partial charge < -0.3 is 19.5 Å². The first-order chi connectivity index (χ1) is 20.2. The van der Waals surface area contributed by atoms with Crippen molar-refractivity contribution in [3.8, 4) is 17.1 Å². The van der Waals surface area contributed by atoms with Crippen LogP contribution in [0.25, 0.3) is 17.2 Å². The SMILES string of the molecule is CCc1cc(OC(C)CN(C)C)c(F)c(C(Nc2ccc(-c3noc(C)n3)cc2)c2nn(C3=CCCC=N3)c(=O)[nH]2)c1. The molecule has 0 radical (unpaired) electrons. The molecule has 2 unspecified atom stereocenters. The second-order valence-corrected chi connectivity index (χ2v) is 10.5. The molecule has 2 atom stereocenters. The number of hydrogen-bond donors (Lipinski definition) is 2. The standard InChI is InChI=1S/C30H35FN8O3/c1-6-20-15-23(26(31)24(16-20)41-18(2)17-38(4)5)27(29-35-30(40)39(36-29)25-9-7-8-14-32-25)34-22-12-10-21(11-13-22)28-33-19(3)42-37-28/h9-16,18,27,34H,6-8,17H2,1-5H3,(H,35,36,40). The second-order valence-electron chi connectivity index (χ2n) is 10.5. The topological polar surface area (TPSA) is 126 Å². The minimum absolute atomic E-state index is 0.148. The molecular formula is C30H35FN8O3. The lowest BCUT2D eigenvalue weighted by atomic mass is 10.00. The zero-order valence-corrected chi connectivity index (χ0v) is 24.4. The van der Waals surface area contributed by atoms with Gasteiger partial charge in [0, 0.05) is 36.5 Å². The van der Waals surface area contributed by atoms with Gasteiger partial charge in [-0.1, -0.05) is 18.1 Å². The largest absolute Gasteiger partial charge is 0.486 e. The summed E-state index contributed by atoms with van der Waals surface area (Å²) in [4.78, 5) is 26.4. The summed E-state index contributed by atoms with van der Waals surface area (Å²) in [6.07, 6.45) is 5.55. The Morgan fingerprint density at radius 3 is 2.64 bits per heavy atom. The van der Waals surface area contributed by atoms with Crippen molar-refractivity contribution in [1.29, 1.82) is 0 Å². The molecule has 0 amide bonds. The molecule has 11 nitrogen and oxygen atoms in total. The molecule has 0 fully saturated rings. The number of rotatable bonds is 11. The number of ether oxygens (including phenoxy) is 1. The quantitative estimate of drug-likeness (QED) is 0.261. The fourth-order valence-corrected chi connectivity index (χ4v) is 4.80. The first kappa shape index (κ1) is 28.9. The number of H-pyrrole nitrogens is 1. The van der Waals surface area contributed by atoms with E-state index in [2.05, 4.69) is 30.5 Å². The average molecular weight is 575 g/mol. The Labute approximate surface area is 243 Å². The van der Waals surface area contributed by atoms with Gasteiger partial charge in [0.05, 0.1) is 0 Å². The molecule has 0 aliphatic carbocycles. The second kappa shape index (κ2) is 12.5. The number of nitrogens with one attached hydrogen (secondary N) is 2. The van der Waals surface area contributed by atoms with Gasteiger partial charge in [-0.15, -0.1) is 5.10 Å². The van der Waals surface area contributed by atoms with Gasteiger partial charge in [-0.25, -0.2) is 14.2 Å². The van der Waals surface area contributed by atoms with Crippen LogP contribution in [0.4, 0.5) is 10.1 Å². The Bertz CT molecular complexity index is 1650. The molecule has 2 aromatic carbocycles. The summed E-state index contributed by atoms with van der Waals surface area (Å²) in [5, 5.41) is 11.9. The summed E-state index contributed by atoms with van der Waals surface area (Å²) in [5.41, 5.74) is 2.14. The maximum atomic E-state index is 16.3. The van der Waals surface area contributed by atoms with E-state index in [1.54, 1.807) is 25.3 Å². The maximum absolute atomic E-state index is 16.3. The fraction of sp³-hybridized carbons (Fsp3) is 0.367. The van der Waals surface area contributed by atoms with E-state index < -0.39 is 17.5 Å². The zero-order valence-electron chi connectivity index (χ0n) is 24.4. The number of aryl methyl sites for hydroxylation is 2. The van der Waals surface area contributed by atoms with Crippen LogP contribution in [0.2, 0.25) is 0 Å². The van der Waals surface area contributed by atoms with Crippen LogP contribution < -0.4 is 15.7 Å². The van der Waals surface area contributed by atoms with Crippen molar-refractivity contribution in [2.24, 2.45) is 4.99 Å². The molecule has 2 N–H and O–H groups in total.